The summed E-state index contributed by atoms with van der Waals surface area (Å²) in [6, 6.07) is 3.84. The molecule has 0 N–H and O–H groups in total. The second-order valence-corrected chi connectivity index (χ2v) is 3.56. The minimum absolute atomic E-state index is 0.356. The van der Waals surface area contributed by atoms with Gasteiger partial charge in [0, 0.05) is 5.92 Å². The molecule has 1 fully saturated rings. The lowest BCUT2D eigenvalue weighted by atomic mass is 10.2. The molecule has 52 valence electrons. The van der Waals surface area contributed by atoms with Crippen LogP contribution in [-0.2, 0) is 0 Å². The molecule has 1 aliphatic rings. The van der Waals surface area contributed by atoms with Gasteiger partial charge in [-0.05, 0) is 24.3 Å². The minimum Gasteiger partial charge on any atom is -0.293 e. The van der Waals surface area contributed by atoms with Crippen LogP contribution in [0.1, 0.15) is 22.5 Å². The van der Waals surface area contributed by atoms with Gasteiger partial charge < -0.3 is 0 Å². The Morgan fingerprint density at radius 2 is 2.40 bits per heavy atom. The van der Waals surface area contributed by atoms with E-state index in [4.69, 9.17) is 0 Å². The predicted octanol–water partition coefficient (Wildman–Crippen LogP) is 2.34. The summed E-state index contributed by atoms with van der Waals surface area (Å²) in [6.07, 6.45) is 2.22. The zero-order valence-corrected chi connectivity index (χ0v) is 6.36. The van der Waals surface area contributed by atoms with E-state index in [1.807, 2.05) is 17.5 Å². The first-order valence-electron chi connectivity index (χ1n) is 3.45. The molecule has 0 aliphatic heterocycles. The van der Waals surface area contributed by atoms with Gasteiger partial charge >= 0.3 is 0 Å². The fourth-order valence-corrected chi connectivity index (χ4v) is 1.71. The number of carbonyl (C=O) groups excluding carboxylic acids is 1. The van der Waals surface area contributed by atoms with E-state index in [9.17, 15) is 4.79 Å². The number of Topliss-reactive ketones (excluding diaryl/α,β-unsaturated/α-hetero) is 1. The van der Waals surface area contributed by atoms with Crippen molar-refractivity contribution in [1.82, 2.24) is 0 Å². The zero-order valence-electron chi connectivity index (χ0n) is 5.54. The Kier molecular flexibility index (Phi) is 1.34. The van der Waals surface area contributed by atoms with Crippen molar-refractivity contribution < 1.29 is 4.79 Å². The molecule has 0 atom stereocenters. The number of rotatable bonds is 2. The average molecular weight is 152 g/mol. The van der Waals surface area contributed by atoms with Gasteiger partial charge in [0.15, 0.2) is 5.78 Å². The Balaban J connectivity index is 2.19. The summed E-state index contributed by atoms with van der Waals surface area (Å²) in [5.41, 5.74) is 0. The number of hydrogen-bond acceptors (Lipinski definition) is 2. The molecule has 1 nitrogen and oxygen atoms in total. The van der Waals surface area contributed by atoms with E-state index in [0.29, 0.717) is 11.7 Å². The van der Waals surface area contributed by atoms with Crippen molar-refractivity contribution in [3.8, 4) is 0 Å². The maximum atomic E-state index is 11.3. The molecule has 0 radical (unpaired) electrons. The van der Waals surface area contributed by atoms with Crippen molar-refractivity contribution in [2.24, 2.45) is 5.92 Å². The molecular weight excluding hydrogens is 144 g/mol. The van der Waals surface area contributed by atoms with Crippen molar-refractivity contribution in [3.63, 3.8) is 0 Å². The Bertz CT molecular complexity index is 234. The van der Waals surface area contributed by atoms with Crippen LogP contribution in [0.5, 0.6) is 0 Å². The normalized spacial score (nSPS) is 17.2. The van der Waals surface area contributed by atoms with Gasteiger partial charge in [-0.15, -0.1) is 11.3 Å². The molecule has 0 saturated heterocycles. The molecule has 2 heteroatoms. The minimum atomic E-state index is 0.356. The fraction of sp³-hybridized carbons (Fsp3) is 0.375. The van der Waals surface area contributed by atoms with E-state index in [1.54, 1.807) is 11.3 Å². The Morgan fingerprint density at radius 1 is 1.60 bits per heavy atom. The van der Waals surface area contributed by atoms with Crippen molar-refractivity contribution in [2.75, 3.05) is 0 Å². The molecular formula is C8H8OS. The smallest absolute Gasteiger partial charge is 0.175 e. The maximum Gasteiger partial charge on any atom is 0.175 e. The quantitative estimate of drug-likeness (QED) is 0.594. The van der Waals surface area contributed by atoms with Gasteiger partial charge in [0.2, 0.25) is 0 Å². The molecule has 0 amide bonds. The molecule has 1 aromatic heterocycles. The van der Waals surface area contributed by atoms with Crippen LogP contribution in [0.15, 0.2) is 17.5 Å². The van der Waals surface area contributed by atoms with Crippen LogP contribution in [-0.4, -0.2) is 5.78 Å². The summed E-state index contributed by atoms with van der Waals surface area (Å²) in [7, 11) is 0. The Labute approximate surface area is 63.7 Å². The number of thiophene rings is 1. The van der Waals surface area contributed by atoms with Crippen LogP contribution in [0.25, 0.3) is 0 Å². The molecule has 0 unspecified atom stereocenters. The summed E-state index contributed by atoms with van der Waals surface area (Å²) in [4.78, 5) is 12.2. The highest BCUT2D eigenvalue weighted by Gasteiger charge is 2.30. The molecule has 1 aliphatic carbocycles. The lowest BCUT2D eigenvalue weighted by molar-refractivity contribution is 0.0971. The van der Waals surface area contributed by atoms with Crippen molar-refractivity contribution in [2.45, 2.75) is 12.8 Å². The van der Waals surface area contributed by atoms with Gasteiger partial charge in [0.25, 0.3) is 0 Å². The largest absolute Gasteiger partial charge is 0.293 e. The van der Waals surface area contributed by atoms with E-state index in [-0.39, 0.29) is 0 Å². The summed E-state index contributed by atoms with van der Waals surface area (Å²) in [5, 5.41) is 1.95. The first-order valence-corrected chi connectivity index (χ1v) is 4.33. The summed E-state index contributed by atoms with van der Waals surface area (Å²) in [6.45, 7) is 0. The molecule has 0 spiro atoms. The first kappa shape index (κ1) is 6.10. The van der Waals surface area contributed by atoms with E-state index < -0.39 is 0 Å². The zero-order chi connectivity index (χ0) is 6.97. The lowest BCUT2D eigenvalue weighted by Gasteiger charge is -1.88. The standard InChI is InChI=1S/C8H8OS/c9-8(6-3-4-6)7-2-1-5-10-7/h1-2,5-6H,3-4H2. The van der Waals surface area contributed by atoms with Crippen LogP contribution in [0.2, 0.25) is 0 Å². The summed E-state index contributed by atoms with van der Waals surface area (Å²) < 4.78 is 0. The molecule has 1 aromatic rings. The molecule has 2 rings (SSSR count). The second kappa shape index (κ2) is 2.20. The van der Waals surface area contributed by atoms with E-state index in [2.05, 4.69) is 0 Å². The monoisotopic (exact) mass is 152 g/mol. The number of hydrogen-bond donors (Lipinski definition) is 0. The molecule has 0 bridgehead atoms. The fourth-order valence-electron chi connectivity index (χ4n) is 0.965. The predicted molar refractivity (Wildman–Crippen MR) is 41.4 cm³/mol. The molecule has 0 aromatic carbocycles. The second-order valence-electron chi connectivity index (χ2n) is 2.62. The number of carbonyl (C=O) groups is 1. The topological polar surface area (TPSA) is 17.1 Å². The third-order valence-electron chi connectivity index (χ3n) is 1.71. The SMILES string of the molecule is O=C(c1cccs1)C1CC1. The van der Waals surface area contributed by atoms with Crippen molar-refractivity contribution >= 4 is 17.1 Å². The summed E-state index contributed by atoms with van der Waals surface area (Å²) >= 11 is 1.55. The van der Waals surface area contributed by atoms with Crippen LogP contribution in [0, 0.1) is 5.92 Å². The molecule has 1 heterocycles. The highest BCUT2D eigenvalue weighted by molar-refractivity contribution is 7.12. The third kappa shape index (κ3) is 0.991. The number of ketones is 1. The van der Waals surface area contributed by atoms with E-state index in [0.717, 1.165) is 17.7 Å². The molecule has 1 saturated carbocycles. The van der Waals surface area contributed by atoms with Crippen LogP contribution < -0.4 is 0 Å². The Hall–Kier alpha value is -0.630. The lowest BCUT2D eigenvalue weighted by Crippen LogP contribution is -1.96. The van der Waals surface area contributed by atoms with Gasteiger partial charge in [-0.2, -0.15) is 0 Å². The highest BCUT2D eigenvalue weighted by Crippen LogP contribution is 2.33. The maximum absolute atomic E-state index is 11.3. The van der Waals surface area contributed by atoms with Gasteiger partial charge in [-0.3, -0.25) is 4.79 Å². The Morgan fingerprint density at radius 3 is 2.90 bits per heavy atom. The third-order valence-corrected chi connectivity index (χ3v) is 2.60. The summed E-state index contributed by atoms with van der Waals surface area (Å²) in [5.74, 6) is 0.730. The average Bonchev–Trinajstić information content (AvgIpc) is 2.65. The van der Waals surface area contributed by atoms with Gasteiger partial charge in [0.1, 0.15) is 0 Å². The van der Waals surface area contributed by atoms with Gasteiger partial charge in [-0.1, -0.05) is 6.07 Å². The van der Waals surface area contributed by atoms with E-state index in [1.165, 1.54) is 0 Å². The van der Waals surface area contributed by atoms with Gasteiger partial charge in [-0.25, -0.2) is 0 Å². The highest BCUT2D eigenvalue weighted by atomic mass is 32.1. The van der Waals surface area contributed by atoms with Crippen molar-refractivity contribution in [3.05, 3.63) is 22.4 Å². The van der Waals surface area contributed by atoms with Crippen LogP contribution >= 0.6 is 11.3 Å². The van der Waals surface area contributed by atoms with Crippen LogP contribution in [0.3, 0.4) is 0 Å². The van der Waals surface area contributed by atoms with E-state index >= 15 is 0 Å². The molecule has 10 heavy (non-hydrogen) atoms. The first-order chi connectivity index (χ1) is 4.88. The van der Waals surface area contributed by atoms with Crippen molar-refractivity contribution in [1.29, 1.82) is 0 Å². The van der Waals surface area contributed by atoms with Gasteiger partial charge in [0.05, 0.1) is 4.88 Å². The van der Waals surface area contributed by atoms with Crippen LogP contribution in [0.4, 0.5) is 0 Å².